The summed E-state index contributed by atoms with van der Waals surface area (Å²) >= 11 is 3.99. The van der Waals surface area contributed by atoms with E-state index in [1.54, 1.807) is 0 Å². The summed E-state index contributed by atoms with van der Waals surface area (Å²) in [6, 6.07) is 25.8. The van der Waals surface area contributed by atoms with Crippen molar-refractivity contribution < 1.29 is 9.53 Å². The molecule has 1 saturated heterocycles. The lowest BCUT2D eigenvalue weighted by atomic mass is 10.1. The Morgan fingerprint density at radius 2 is 1.74 bits per heavy atom. The summed E-state index contributed by atoms with van der Waals surface area (Å²) < 4.78 is 6.29. The minimum atomic E-state index is -0.284. The Bertz CT molecular complexity index is 1190. The van der Waals surface area contributed by atoms with Gasteiger partial charge in [0, 0.05) is 0 Å². The second-order valence-corrected chi connectivity index (χ2v) is 11.0. The summed E-state index contributed by atoms with van der Waals surface area (Å²) in [5.74, 6) is 3.69. The molecule has 2 heterocycles. The van der Waals surface area contributed by atoms with Crippen LogP contribution in [0.4, 0.5) is 0 Å². The fourth-order valence-electron chi connectivity index (χ4n) is 3.99. The molecule has 5 rings (SSSR count). The summed E-state index contributed by atoms with van der Waals surface area (Å²) in [4.78, 5) is 20.9. The number of hydrogen-bond acceptors (Lipinski definition) is 5. The molecule has 4 aromatic rings. The maximum absolute atomic E-state index is 12.8. The quantitative estimate of drug-likeness (QED) is 0.322. The zero-order chi connectivity index (χ0) is 23.2. The number of imidazole rings is 1. The lowest BCUT2D eigenvalue weighted by molar-refractivity contribution is -0.123. The lowest BCUT2D eigenvalue weighted by Gasteiger charge is -2.21. The van der Waals surface area contributed by atoms with Gasteiger partial charge in [0.05, 0.1) is 21.7 Å². The molecule has 1 amide bonds. The van der Waals surface area contributed by atoms with Gasteiger partial charge in [-0.25, -0.2) is 4.98 Å². The van der Waals surface area contributed by atoms with Crippen LogP contribution in [0.2, 0.25) is 0 Å². The van der Waals surface area contributed by atoms with E-state index < -0.39 is 0 Å². The van der Waals surface area contributed by atoms with Crippen LogP contribution in [0.1, 0.15) is 34.0 Å². The number of aromatic amines is 1. The second-order valence-electron chi connectivity index (χ2n) is 8.23. The predicted octanol–water partition coefficient (Wildman–Crippen LogP) is 5.91. The zero-order valence-electron chi connectivity index (χ0n) is 18.8. The van der Waals surface area contributed by atoms with Crippen molar-refractivity contribution in [3.63, 3.8) is 0 Å². The van der Waals surface area contributed by atoms with E-state index in [2.05, 4.69) is 34.6 Å². The maximum Gasteiger partial charge on any atom is 0.258 e. The van der Waals surface area contributed by atoms with E-state index >= 15 is 0 Å². The molecular weight excluding hydrogens is 462 g/mol. The molecule has 174 valence electrons. The Kier molecular flexibility index (Phi) is 7.41. The summed E-state index contributed by atoms with van der Waals surface area (Å²) in [5.41, 5.74) is 4.27. The minimum Gasteiger partial charge on any atom is -0.484 e. The molecule has 1 aromatic heterocycles. The number of hydrogen-bond donors (Lipinski definition) is 2. The average molecular weight is 490 g/mol. The SMILES string of the molecule is O=C(COc1ccc(C2SCCCS2)cc1)N[C@@H](Cc1ccccc1)c1nc2ccccc2[nH]1. The Balaban J connectivity index is 1.24. The second kappa shape index (κ2) is 11.0. The summed E-state index contributed by atoms with van der Waals surface area (Å²) in [6.07, 6.45) is 1.92. The van der Waals surface area contributed by atoms with Crippen molar-refractivity contribution in [3.05, 3.63) is 95.8 Å². The molecule has 3 aromatic carbocycles. The van der Waals surface area contributed by atoms with Gasteiger partial charge in [-0.2, -0.15) is 0 Å². The first kappa shape index (κ1) is 22.9. The standard InChI is InChI=1S/C27H27N3O2S2/c31-25(18-32-21-13-11-20(12-14-21)27-33-15-6-16-34-27)28-24(17-19-7-2-1-3-8-19)26-29-22-9-4-5-10-23(22)30-26/h1-5,7-14,24,27H,6,15-18H2,(H,28,31)(H,29,30)/t24-/m0/s1. The molecule has 1 atom stereocenters. The van der Waals surface area contributed by atoms with Crippen LogP contribution in [0.5, 0.6) is 5.75 Å². The first-order valence-electron chi connectivity index (χ1n) is 11.5. The molecule has 0 unspecified atom stereocenters. The van der Waals surface area contributed by atoms with E-state index in [1.807, 2.05) is 78.1 Å². The Labute approximate surface area is 208 Å². The summed E-state index contributed by atoms with van der Waals surface area (Å²) in [6.45, 7) is -0.0439. The highest BCUT2D eigenvalue weighted by molar-refractivity contribution is 8.16. The summed E-state index contributed by atoms with van der Waals surface area (Å²) in [7, 11) is 0. The molecular formula is C27H27N3O2S2. The van der Waals surface area contributed by atoms with E-state index in [0.717, 1.165) is 22.4 Å². The van der Waals surface area contributed by atoms with Gasteiger partial charge >= 0.3 is 0 Å². The van der Waals surface area contributed by atoms with Gasteiger partial charge in [-0.1, -0.05) is 54.6 Å². The number of aromatic nitrogens is 2. The van der Waals surface area contributed by atoms with Gasteiger partial charge in [-0.3, -0.25) is 4.79 Å². The maximum atomic E-state index is 12.8. The van der Waals surface area contributed by atoms with Crippen LogP contribution in [-0.4, -0.2) is 34.0 Å². The van der Waals surface area contributed by atoms with E-state index in [-0.39, 0.29) is 18.6 Å². The number of carbonyl (C=O) groups excluding carboxylic acids is 1. The van der Waals surface area contributed by atoms with Crippen LogP contribution in [0.3, 0.4) is 0 Å². The van der Waals surface area contributed by atoms with Crippen LogP contribution in [-0.2, 0) is 11.2 Å². The van der Waals surface area contributed by atoms with Gasteiger partial charge in [0.25, 0.3) is 5.91 Å². The Morgan fingerprint density at radius 1 is 1.00 bits per heavy atom. The number of H-pyrrole nitrogens is 1. The monoisotopic (exact) mass is 489 g/mol. The minimum absolute atomic E-state index is 0.0439. The Hall–Kier alpha value is -2.90. The molecule has 34 heavy (non-hydrogen) atoms. The molecule has 0 aliphatic carbocycles. The number of fused-ring (bicyclic) bond motifs is 1. The van der Waals surface area contributed by atoms with Crippen molar-refractivity contribution in [1.29, 1.82) is 0 Å². The molecule has 1 aliphatic heterocycles. The fraction of sp³-hybridized carbons (Fsp3) is 0.259. The number of thioether (sulfide) groups is 2. The Morgan fingerprint density at radius 3 is 2.50 bits per heavy atom. The largest absolute Gasteiger partial charge is 0.484 e. The van der Waals surface area contributed by atoms with Gasteiger partial charge in [0.1, 0.15) is 11.6 Å². The van der Waals surface area contributed by atoms with Crippen LogP contribution in [0.15, 0.2) is 78.9 Å². The highest BCUT2D eigenvalue weighted by Gasteiger charge is 2.20. The normalized spacial score (nSPS) is 15.2. The topological polar surface area (TPSA) is 67.0 Å². The van der Waals surface area contributed by atoms with E-state index in [9.17, 15) is 4.79 Å². The average Bonchev–Trinajstić information content (AvgIpc) is 3.33. The molecule has 0 saturated carbocycles. The number of ether oxygens (including phenoxy) is 1. The highest BCUT2D eigenvalue weighted by atomic mass is 32.2. The van der Waals surface area contributed by atoms with Crippen molar-refractivity contribution in [2.75, 3.05) is 18.1 Å². The first-order valence-corrected chi connectivity index (χ1v) is 13.6. The molecule has 2 N–H and O–H groups in total. The zero-order valence-corrected chi connectivity index (χ0v) is 20.4. The molecule has 7 heteroatoms. The number of para-hydroxylation sites is 2. The molecule has 0 spiro atoms. The molecule has 0 radical (unpaired) electrons. The van der Waals surface area contributed by atoms with E-state index in [1.165, 1.54) is 23.5 Å². The van der Waals surface area contributed by atoms with Crippen LogP contribution >= 0.6 is 23.5 Å². The highest BCUT2D eigenvalue weighted by Crippen LogP contribution is 2.43. The van der Waals surface area contributed by atoms with Crippen LogP contribution < -0.4 is 10.1 Å². The van der Waals surface area contributed by atoms with Crippen molar-refractivity contribution in [1.82, 2.24) is 15.3 Å². The van der Waals surface area contributed by atoms with E-state index in [4.69, 9.17) is 9.72 Å². The van der Waals surface area contributed by atoms with Crippen LogP contribution in [0.25, 0.3) is 11.0 Å². The third-order valence-corrected chi connectivity index (χ3v) is 8.72. The van der Waals surface area contributed by atoms with Gasteiger partial charge in [0.2, 0.25) is 0 Å². The van der Waals surface area contributed by atoms with Crippen molar-refractivity contribution in [3.8, 4) is 5.75 Å². The fourth-order valence-corrected chi connectivity index (χ4v) is 6.88. The van der Waals surface area contributed by atoms with Gasteiger partial charge in [0.15, 0.2) is 6.61 Å². The number of nitrogens with zero attached hydrogens (tertiary/aromatic N) is 1. The van der Waals surface area contributed by atoms with Crippen LogP contribution in [0, 0.1) is 0 Å². The van der Waals surface area contributed by atoms with E-state index in [0.29, 0.717) is 16.8 Å². The lowest BCUT2D eigenvalue weighted by Crippen LogP contribution is -2.34. The number of rotatable bonds is 8. The van der Waals surface area contributed by atoms with Crippen molar-refractivity contribution in [2.24, 2.45) is 0 Å². The third kappa shape index (κ3) is 5.77. The number of benzene rings is 3. The molecule has 5 nitrogen and oxygen atoms in total. The van der Waals surface area contributed by atoms with Crippen molar-refractivity contribution in [2.45, 2.75) is 23.5 Å². The van der Waals surface area contributed by atoms with Crippen molar-refractivity contribution >= 4 is 40.5 Å². The number of nitrogens with one attached hydrogen (secondary N) is 2. The molecule has 1 fully saturated rings. The summed E-state index contributed by atoms with van der Waals surface area (Å²) in [5, 5.41) is 3.11. The first-order chi connectivity index (χ1) is 16.7. The molecule has 0 bridgehead atoms. The van der Waals surface area contributed by atoms with Gasteiger partial charge in [-0.05, 0) is 59.7 Å². The smallest absolute Gasteiger partial charge is 0.258 e. The number of amides is 1. The van der Waals surface area contributed by atoms with Gasteiger partial charge in [-0.15, -0.1) is 23.5 Å². The predicted molar refractivity (Wildman–Crippen MR) is 141 cm³/mol. The molecule has 1 aliphatic rings. The number of carbonyl (C=O) groups is 1. The third-order valence-electron chi connectivity index (χ3n) is 5.70. The van der Waals surface area contributed by atoms with Gasteiger partial charge < -0.3 is 15.0 Å².